The van der Waals surface area contributed by atoms with Gasteiger partial charge < -0.3 is 10.0 Å². The number of hydrogen-bond acceptors (Lipinski definition) is 4. The fourth-order valence-corrected chi connectivity index (χ4v) is 6.32. The number of likely N-dealkylation sites (tertiary alicyclic amines) is 1. The Morgan fingerprint density at radius 3 is 2.67 bits per heavy atom. The molecule has 0 unspecified atom stereocenters. The number of aliphatic hydroxyl groups is 1. The van der Waals surface area contributed by atoms with Gasteiger partial charge in [0.2, 0.25) is 10.0 Å². The van der Waals surface area contributed by atoms with E-state index in [2.05, 4.69) is 4.90 Å². The minimum atomic E-state index is -3.24. The molecule has 150 valence electrons. The van der Waals surface area contributed by atoms with Crippen LogP contribution < -0.4 is 4.31 Å². The van der Waals surface area contributed by atoms with Crippen LogP contribution in [0, 0.1) is 11.8 Å². The fraction of sp³-hybridized carbons (Fsp3) is 0.714. The molecule has 27 heavy (non-hydrogen) atoms. The van der Waals surface area contributed by atoms with Crippen molar-refractivity contribution in [3.63, 3.8) is 0 Å². The Labute approximate surface area is 163 Å². The molecule has 1 N–H and O–H groups in total. The smallest absolute Gasteiger partial charge is 0.232 e. The van der Waals surface area contributed by atoms with E-state index in [-0.39, 0.29) is 0 Å². The van der Waals surface area contributed by atoms with E-state index in [1.807, 2.05) is 18.2 Å². The zero-order valence-electron chi connectivity index (χ0n) is 16.3. The number of aryl methyl sites for hydroxylation is 1. The number of anilines is 1. The van der Waals surface area contributed by atoms with Gasteiger partial charge in [-0.05, 0) is 61.3 Å². The Hall–Kier alpha value is -1.11. The van der Waals surface area contributed by atoms with Crippen molar-refractivity contribution in [3.8, 4) is 0 Å². The summed E-state index contributed by atoms with van der Waals surface area (Å²) in [5.41, 5.74) is 2.73. The molecule has 2 aliphatic heterocycles. The molecule has 0 aromatic heterocycles. The summed E-state index contributed by atoms with van der Waals surface area (Å²) >= 11 is 0. The van der Waals surface area contributed by atoms with Crippen molar-refractivity contribution in [2.24, 2.45) is 11.8 Å². The first kappa shape index (κ1) is 19.2. The lowest BCUT2D eigenvalue weighted by atomic mass is 9.75. The van der Waals surface area contributed by atoms with Gasteiger partial charge in [0.1, 0.15) is 0 Å². The van der Waals surface area contributed by atoms with E-state index in [1.165, 1.54) is 42.7 Å². The molecule has 0 amide bonds. The molecule has 1 aromatic rings. The standard InChI is InChI=1S/C21H32N2O3S/c1-27(25,26)23-11-4-7-17-13-18(8-9-20(17)23)21(24)15-22-12-10-16-5-2-3-6-19(16)14-22/h8-9,13,16,19,21,24H,2-7,10-12,14-15H2,1H3/t16-,19-,21-/m1/s1. The van der Waals surface area contributed by atoms with Crippen LogP contribution in [0.25, 0.3) is 0 Å². The van der Waals surface area contributed by atoms with Gasteiger partial charge in [0.05, 0.1) is 18.0 Å². The zero-order chi connectivity index (χ0) is 19.0. The van der Waals surface area contributed by atoms with Crippen molar-refractivity contribution in [1.29, 1.82) is 0 Å². The summed E-state index contributed by atoms with van der Waals surface area (Å²) in [5.74, 6) is 1.71. The predicted molar refractivity (Wildman–Crippen MR) is 108 cm³/mol. The summed E-state index contributed by atoms with van der Waals surface area (Å²) in [6.45, 7) is 3.43. The first-order chi connectivity index (χ1) is 12.9. The van der Waals surface area contributed by atoms with Gasteiger partial charge >= 0.3 is 0 Å². The number of nitrogens with zero attached hydrogens (tertiary/aromatic N) is 2. The molecule has 1 saturated carbocycles. The highest BCUT2D eigenvalue weighted by Crippen LogP contribution is 2.37. The van der Waals surface area contributed by atoms with Crippen LogP contribution in [0.1, 0.15) is 55.8 Å². The Morgan fingerprint density at radius 2 is 1.89 bits per heavy atom. The number of fused-ring (bicyclic) bond motifs is 2. The molecule has 1 saturated heterocycles. The van der Waals surface area contributed by atoms with Crippen LogP contribution in [0.5, 0.6) is 0 Å². The van der Waals surface area contributed by atoms with Crippen molar-refractivity contribution in [1.82, 2.24) is 4.90 Å². The molecule has 0 spiro atoms. The van der Waals surface area contributed by atoms with Gasteiger partial charge in [-0.25, -0.2) is 8.42 Å². The van der Waals surface area contributed by atoms with E-state index < -0.39 is 16.1 Å². The van der Waals surface area contributed by atoms with E-state index in [9.17, 15) is 13.5 Å². The number of hydrogen-bond donors (Lipinski definition) is 1. The van der Waals surface area contributed by atoms with Gasteiger partial charge in [0, 0.05) is 19.6 Å². The maximum atomic E-state index is 12.0. The van der Waals surface area contributed by atoms with Crippen LogP contribution in [0.4, 0.5) is 5.69 Å². The molecular weight excluding hydrogens is 360 g/mol. The van der Waals surface area contributed by atoms with Gasteiger partial charge in [-0.15, -0.1) is 0 Å². The van der Waals surface area contributed by atoms with Crippen LogP contribution in [-0.2, 0) is 16.4 Å². The highest BCUT2D eigenvalue weighted by Gasteiger charge is 2.32. The van der Waals surface area contributed by atoms with Crippen molar-refractivity contribution >= 4 is 15.7 Å². The maximum absolute atomic E-state index is 12.0. The summed E-state index contributed by atoms with van der Waals surface area (Å²) in [6, 6.07) is 5.80. The summed E-state index contributed by atoms with van der Waals surface area (Å²) < 4.78 is 25.5. The molecule has 2 heterocycles. The molecule has 2 fully saturated rings. The van der Waals surface area contributed by atoms with Crippen molar-refractivity contribution in [2.45, 2.75) is 51.0 Å². The van der Waals surface area contributed by atoms with Crippen LogP contribution in [-0.4, -0.2) is 50.9 Å². The zero-order valence-corrected chi connectivity index (χ0v) is 17.1. The number of rotatable bonds is 4. The van der Waals surface area contributed by atoms with Gasteiger partial charge in [0.25, 0.3) is 0 Å². The number of piperidine rings is 1. The van der Waals surface area contributed by atoms with Crippen LogP contribution in [0.3, 0.4) is 0 Å². The topological polar surface area (TPSA) is 60.9 Å². The first-order valence-electron chi connectivity index (χ1n) is 10.4. The Kier molecular flexibility index (Phi) is 5.50. The number of sulfonamides is 1. The predicted octanol–water partition coefficient (Wildman–Crippen LogP) is 2.94. The molecule has 5 nitrogen and oxygen atoms in total. The molecule has 1 aliphatic carbocycles. The summed E-state index contributed by atoms with van der Waals surface area (Å²) in [5, 5.41) is 10.8. The molecule has 0 radical (unpaired) electrons. The van der Waals surface area contributed by atoms with Crippen molar-refractivity contribution in [2.75, 3.05) is 36.7 Å². The molecule has 6 heteroatoms. The third-order valence-corrected chi connectivity index (χ3v) is 7.95. The lowest BCUT2D eigenvalue weighted by Crippen LogP contribution is -2.43. The van der Waals surface area contributed by atoms with E-state index in [0.717, 1.165) is 54.6 Å². The summed E-state index contributed by atoms with van der Waals surface area (Å²) in [4.78, 5) is 2.43. The molecule has 4 rings (SSSR count). The van der Waals surface area contributed by atoms with Gasteiger partial charge in [-0.3, -0.25) is 4.31 Å². The Balaban J connectivity index is 1.44. The average Bonchev–Trinajstić information content (AvgIpc) is 2.66. The number of β-amino-alcohol motifs (C(OH)–C–C–N with tert-alkyl or cyclic N) is 1. The largest absolute Gasteiger partial charge is 0.387 e. The minimum absolute atomic E-state index is 0.510. The maximum Gasteiger partial charge on any atom is 0.232 e. The van der Waals surface area contributed by atoms with Crippen LogP contribution >= 0.6 is 0 Å². The quantitative estimate of drug-likeness (QED) is 0.856. The van der Waals surface area contributed by atoms with Crippen LogP contribution in [0.15, 0.2) is 18.2 Å². The summed E-state index contributed by atoms with van der Waals surface area (Å²) in [6.07, 6.45) is 9.21. The lowest BCUT2D eigenvalue weighted by Gasteiger charge is -2.42. The Morgan fingerprint density at radius 1 is 1.11 bits per heavy atom. The second-order valence-electron chi connectivity index (χ2n) is 8.70. The van der Waals surface area contributed by atoms with E-state index >= 15 is 0 Å². The molecule has 0 bridgehead atoms. The van der Waals surface area contributed by atoms with E-state index in [0.29, 0.717) is 13.1 Å². The fourth-order valence-electron chi connectivity index (χ4n) is 5.33. The normalized spacial score (nSPS) is 27.7. The third kappa shape index (κ3) is 4.17. The highest BCUT2D eigenvalue weighted by molar-refractivity contribution is 7.92. The third-order valence-electron chi connectivity index (χ3n) is 6.77. The van der Waals surface area contributed by atoms with Gasteiger partial charge in [-0.1, -0.05) is 31.4 Å². The lowest BCUT2D eigenvalue weighted by molar-refractivity contribution is 0.0459. The summed E-state index contributed by atoms with van der Waals surface area (Å²) in [7, 11) is -3.24. The SMILES string of the molecule is CS(=O)(=O)N1CCCc2cc([C@H](O)CN3CC[C@H]4CCCC[C@@H]4C3)ccc21. The minimum Gasteiger partial charge on any atom is -0.387 e. The van der Waals surface area contributed by atoms with Crippen LogP contribution in [0.2, 0.25) is 0 Å². The average molecular weight is 393 g/mol. The van der Waals surface area contributed by atoms with Crippen molar-refractivity contribution in [3.05, 3.63) is 29.3 Å². The monoisotopic (exact) mass is 392 g/mol. The van der Waals surface area contributed by atoms with E-state index in [1.54, 1.807) is 0 Å². The second kappa shape index (κ2) is 7.72. The van der Waals surface area contributed by atoms with Crippen molar-refractivity contribution < 1.29 is 13.5 Å². The van der Waals surface area contributed by atoms with E-state index in [4.69, 9.17) is 0 Å². The number of aliphatic hydroxyl groups excluding tert-OH is 1. The Bertz CT molecular complexity index is 780. The molecular formula is C21H32N2O3S. The molecule has 1 aromatic carbocycles. The highest BCUT2D eigenvalue weighted by atomic mass is 32.2. The second-order valence-corrected chi connectivity index (χ2v) is 10.6. The number of benzene rings is 1. The van der Waals surface area contributed by atoms with Gasteiger partial charge in [-0.2, -0.15) is 0 Å². The molecule has 3 aliphatic rings. The first-order valence-corrected chi connectivity index (χ1v) is 12.3. The van der Waals surface area contributed by atoms with Gasteiger partial charge in [0.15, 0.2) is 0 Å². The molecule has 3 atom stereocenters.